The molecule has 2 amide bonds. The van der Waals surface area contributed by atoms with E-state index < -0.39 is 11.2 Å². The van der Waals surface area contributed by atoms with E-state index in [0.29, 0.717) is 35.2 Å². The number of amides is 2. The van der Waals surface area contributed by atoms with Crippen molar-refractivity contribution in [3.63, 3.8) is 0 Å². The monoisotopic (exact) mass is 469 g/mol. The van der Waals surface area contributed by atoms with Crippen LogP contribution < -0.4 is 15.0 Å². The molecule has 1 heterocycles. The molecule has 3 aromatic carbocycles. The predicted octanol–water partition coefficient (Wildman–Crippen LogP) is 5.15. The van der Waals surface area contributed by atoms with Gasteiger partial charge in [-0.2, -0.15) is 5.26 Å². The van der Waals surface area contributed by atoms with Gasteiger partial charge in [-0.15, -0.1) is 0 Å². The summed E-state index contributed by atoms with van der Waals surface area (Å²) in [7, 11) is 0. The average Bonchev–Trinajstić information content (AvgIpc) is 3.17. The molecule has 170 valence electrons. The van der Waals surface area contributed by atoms with Crippen LogP contribution in [0.3, 0.4) is 0 Å². The van der Waals surface area contributed by atoms with Gasteiger partial charge in [-0.1, -0.05) is 60.3 Å². The first-order valence-electron chi connectivity index (χ1n) is 10.9. The molecular formula is C27H23N3O3S. The van der Waals surface area contributed by atoms with Crippen molar-refractivity contribution >= 4 is 35.0 Å². The van der Waals surface area contributed by atoms with E-state index >= 15 is 0 Å². The standard InChI is InChI=1S/C27H23N3O3S/c1-2-33-22-15-13-21(14-16-22)30-26(32)24(17-19-9-5-3-6-10-19)34-27(30)23(18-28)25(31)29-20-11-7-4-8-12-20/h3-16,24H,2,17H2,1H3,(H,29,31)/b27-23-. The Kier molecular flexibility index (Phi) is 7.31. The number of nitrogens with zero attached hydrogens (tertiary/aromatic N) is 2. The Morgan fingerprint density at radius 3 is 2.29 bits per heavy atom. The number of hydrogen-bond acceptors (Lipinski definition) is 5. The van der Waals surface area contributed by atoms with Crippen molar-refractivity contribution in [2.75, 3.05) is 16.8 Å². The molecule has 1 saturated heterocycles. The Morgan fingerprint density at radius 2 is 1.68 bits per heavy atom. The smallest absolute Gasteiger partial charge is 0.269 e. The van der Waals surface area contributed by atoms with E-state index in [4.69, 9.17) is 4.74 Å². The molecule has 0 aromatic heterocycles. The molecule has 6 nitrogen and oxygen atoms in total. The van der Waals surface area contributed by atoms with E-state index in [1.807, 2.05) is 49.4 Å². The second kappa shape index (κ2) is 10.7. The minimum atomic E-state index is -0.555. The number of carbonyl (C=O) groups excluding carboxylic acids is 2. The fraction of sp³-hybridized carbons (Fsp3) is 0.148. The topological polar surface area (TPSA) is 82.4 Å². The quantitative estimate of drug-likeness (QED) is 0.382. The van der Waals surface area contributed by atoms with Gasteiger partial charge in [0.15, 0.2) is 0 Å². The van der Waals surface area contributed by atoms with Crippen molar-refractivity contribution < 1.29 is 14.3 Å². The lowest BCUT2D eigenvalue weighted by atomic mass is 10.1. The number of nitriles is 1. The number of thioether (sulfide) groups is 1. The maximum absolute atomic E-state index is 13.5. The highest BCUT2D eigenvalue weighted by Gasteiger charge is 2.40. The second-order valence-corrected chi connectivity index (χ2v) is 8.70. The maximum atomic E-state index is 13.5. The second-order valence-electron chi connectivity index (χ2n) is 7.51. The number of rotatable bonds is 7. The molecule has 0 bridgehead atoms. The van der Waals surface area contributed by atoms with Gasteiger partial charge in [0, 0.05) is 11.4 Å². The van der Waals surface area contributed by atoms with Crippen molar-refractivity contribution in [2.24, 2.45) is 0 Å². The summed E-state index contributed by atoms with van der Waals surface area (Å²) in [6.45, 7) is 2.43. The van der Waals surface area contributed by atoms with Crippen LogP contribution in [-0.2, 0) is 16.0 Å². The zero-order chi connectivity index (χ0) is 23.9. The molecule has 0 spiro atoms. The molecule has 0 radical (unpaired) electrons. The normalized spacial score (nSPS) is 16.6. The molecule has 1 fully saturated rings. The molecule has 7 heteroatoms. The molecule has 0 aliphatic carbocycles. The largest absolute Gasteiger partial charge is 0.494 e. The first kappa shape index (κ1) is 23.1. The van der Waals surface area contributed by atoms with Crippen molar-refractivity contribution in [1.29, 1.82) is 5.26 Å². The van der Waals surface area contributed by atoms with Crippen LogP contribution in [0.25, 0.3) is 0 Å². The van der Waals surface area contributed by atoms with Gasteiger partial charge in [0.1, 0.15) is 22.4 Å². The summed E-state index contributed by atoms with van der Waals surface area (Å²) in [4.78, 5) is 28.1. The van der Waals surface area contributed by atoms with E-state index in [1.54, 1.807) is 48.5 Å². The van der Waals surface area contributed by atoms with E-state index in [1.165, 1.54) is 16.7 Å². The van der Waals surface area contributed by atoms with Crippen molar-refractivity contribution in [1.82, 2.24) is 0 Å². The lowest BCUT2D eigenvalue weighted by Gasteiger charge is -2.19. The van der Waals surface area contributed by atoms with Gasteiger partial charge in [0.2, 0.25) is 5.91 Å². The summed E-state index contributed by atoms with van der Waals surface area (Å²) in [5, 5.41) is 12.6. The van der Waals surface area contributed by atoms with Gasteiger partial charge >= 0.3 is 0 Å². The summed E-state index contributed by atoms with van der Waals surface area (Å²) in [6.07, 6.45) is 0.486. The first-order chi connectivity index (χ1) is 16.6. The number of para-hydroxylation sites is 1. The SMILES string of the molecule is CCOc1ccc(N2C(=O)C(Cc3ccccc3)S/C2=C(/C#N)C(=O)Nc2ccccc2)cc1. The zero-order valence-corrected chi connectivity index (χ0v) is 19.4. The molecule has 1 atom stereocenters. The van der Waals surface area contributed by atoms with Gasteiger partial charge in [0.05, 0.1) is 11.9 Å². The van der Waals surface area contributed by atoms with Gasteiger partial charge in [-0.05, 0) is 55.3 Å². The van der Waals surface area contributed by atoms with Crippen LogP contribution in [0.15, 0.2) is 95.5 Å². The molecule has 1 aliphatic heterocycles. The molecule has 1 N–H and O–H groups in total. The van der Waals surface area contributed by atoms with Gasteiger partial charge in [-0.25, -0.2) is 0 Å². The molecule has 1 unspecified atom stereocenters. The third-order valence-corrected chi connectivity index (χ3v) is 6.47. The van der Waals surface area contributed by atoms with Gasteiger partial charge < -0.3 is 10.1 Å². The van der Waals surface area contributed by atoms with Gasteiger partial charge in [0.25, 0.3) is 5.91 Å². The highest BCUT2D eigenvalue weighted by molar-refractivity contribution is 8.05. The fourth-order valence-electron chi connectivity index (χ4n) is 3.62. The first-order valence-corrected chi connectivity index (χ1v) is 11.8. The van der Waals surface area contributed by atoms with E-state index in [9.17, 15) is 14.9 Å². The molecular weight excluding hydrogens is 446 g/mol. The Bertz CT molecular complexity index is 1240. The van der Waals surface area contributed by atoms with Crippen molar-refractivity contribution in [3.8, 4) is 11.8 Å². The number of nitrogens with one attached hydrogen (secondary N) is 1. The lowest BCUT2D eigenvalue weighted by molar-refractivity contribution is -0.117. The highest BCUT2D eigenvalue weighted by atomic mass is 32.2. The third-order valence-electron chi connectivity index (χ3n) is 5.21. The predicted molar refractivity (Wildman–Crippen MR) is 134 cm³/mol. The Morgan fingerprint density at radius 1 is 1.03 bits per heavy atom. The molecule has 1 aliphatic rings. The van der Waals surface area contributed by atoms with E-state index in [-0.39, 0.29) is 11.5 Å². The average molecular weight is 470 g/mol. The van der Waals surface area contributed by atoms with E-state index in [2.05, 4.69) is 5.32 Å². The summed E-state index contributed by atoms with van der Waals surface area (Å²) >= 11 is 1.24. The van der Waals surface area contributed by atoms with Crippen molar-refractivity contribution in [2.45, 2.75) is 18.6 Å². The lowest BCUT2D eigenvalue weighted by Crippen LogP contribution is -2.30. The van der Waals surface area contributed by atoms with Crippen LogP contribution in [0.2, 0.25) is 0 Å². The molecule has 3 aromatic rings. The van der Waals surface area contributed by atoms with Crippen LogP contribution in [0.4, 0.5) is 11.4 Å². The van der Waals surface area contributed by atoms with E-state index in [0.717, 1.165) is 5.56 Å². The van der Waals surface area contributed by atoms with Crippen LogP contribution in [0.5, 0.6) is 5.75 Å². The molecule has 34 heavy (non-hydrogen) atoms. The zero-order valence-electron chi connectivity index (χ0n) is 18.6. The third kappa shape index (κ3) is 5.13. The Balaban J connectivity index is 1.71. The summed E-state index contributed by atoms with van der Waals surface area (Å²) in [5.74, 6) is -0.0483. The van der Waals surface area contributed by atoms with Crippen LogP contribution in [0, 0.1) is 11.3 Å². The Hall–Kier alpha value is -4.02. The number of ether oxygens (including phenoxy) is 1. The summed E-state index contributed by atoms with van der Waals surface area (Å²) in [6, 6.07) is 27.7. The summed E-state index contributed by atoms with van der Waals surface area (Å²) in [5.41, 5.74) is 2.05. The number of anilines is 2. The summed E-state index contributed by atoms with van der Waals surface area (Å²) < 4.78 is 5.51. The Labute approximate surface area is 202 Å². The van der Waals surface area contributed by atoms with Crippen LogP contribution in [0.1, 0.15) is 12.5 Å². The van der Waals surface area contributed by atoms with Crippen LogP contribution >= 0.6 is 11.8 Å². The number of hydrogen-bond donors (Lipinski definition) is 1. The minimum absolute atomic E-state index is 0.105. The van der Waals surface area contributed by atoms with Crippen LogP contribution in [-0.4, -0.2) is 23.7 Å². The fourth-order valence-corrected chi connectivity index (χ4v) is 4.93. The van der Waals surface area contributed by atoms with Gasteiger partial charge in [-0.3, -0.25) is 14.5 Å². The molecule has 0 saturated carbocycles. The number of carbonyl (C=O) groups is 2. The van der Waals surface area contributed by atoms with Crippen molar-refractivity contribution in [3.05, 3.63) is 101 Å². The number of benzene rings is 3. The molecule has 4 rings (SSSR count). The maximum Gasteiger partial charge on any atom is 0.269 e. The minimum Gasteiger partial charge on any atom is -0.494 e. The highest BCUT2D eigenvalue weighted by Crippen LogP contribution is 2.42.